The Morgan fingerprint density at radius 1 is 1.17 bits per heavy atom. The van der Waals surface area contributed by atoms with Gasteiger partial charge in [-0.2, -0.15) is 0 Å². The van der Waals surface area contributed by atoms with Crippen LogP contribution in [0.4, 0.5) is 5.13 Å². The van der Waals surface area contributed by atoms with E-state index in [2.05, 4.69) is 15.3 Å². The van der Waals surface area contributed by atoms with Crippen molar-refractivity contribution in [3.63, 3.8) is 0 Å². The number of imidazole rings is 1. The smallest absolute Gasteiger partial charge is 0.232 e. The highest BCUT2D eigenvalue weighted by Crippen LogP contribution is 2.35. The first-order valence-electron chi connectivity index (χ1n) is 8.66. The first-order valence-corrected chi connectivity index (χ1v) is 9.92. The normalized spacial score (nSPS) is 10.9. The van der Waals surface area contributed by atoms with E-state index >= 15 is 0 Å². The molecule has 0 unspecified atom stereocenters. The van der Waals surface area contributed by atoms with Crippen molar-refractivity contribution in [3.05, 3.63) is 58.8 Å². The summed E-state index contributed by atoms with van der Waals surface area (Å²) < 4.78 is 12.5. The van der Waals surface area contributed by atoms with E-state index in [1.165, 1.54) is 11.3 Å². The summed E-state index contributed by atoms with van der Waals surface area (Å²) in [5, 5.41) is 5.79. The number of methoxy groups -OCH3 is 2. The number of amides is 1. The monoisotopic (exact) mass is 428 g/mol. The molecule has 29 heavy (non-hydrogen) atoms. The molecule has 0 aliphatic heterocycles. The molecule has 148 valence electrons. The predicted molar refractivity (Wildman–Crippen MR) is 113 cm³/mol. The minimum absolute atomic E-state index is 0.136. The minimum Gasteiger partial charge on any atom is -0.497 e. The molecule has 3 aromatic heterocycles. The molecular weight excluding hydrogens is 412 g/mol. The Balaban J connectivity index is 1.49. The minimum atomic E-state index is -0.196. The van der Waals surface area contributed by atoms with Crippen molar-refractivity contribution in [2.24, 2.45) is 0 Å². The van der Waals surface area contributed by atoms with Gasteiger partial charge in [0, 0.05) is 23.3 Å². The molecule has 4 aromatic rings. The molecule has 9 heteroatoms. The number of aromatic nitrogens is 3. The number of hydrogen-bond donors (Lipinski definition) is 1. The first-order chi connectivity index (χ1) is 14.1. The molecule has 0 atom stereocenters. The van der Waals surface area contributed by atoms with Crippen LogP contribution in [0.5, 0.6) is 11.5 Å². The van der Waals surface area contributed by atoms with Gasteiger partial charge in [-0.05, 0) is 30.3 Å². The summed E-state index contributed by atoms with van der Waals surface area (Å²) in [6.45, 7) is 0. The predicted octanol–water partition coefficient (Wildman–Crippen LogP) is 4.31. The fourth-order valence-electron chi connectivity index (χ4n) is 2.90. The number of halogens is 1. The van der Waals surface area contributed by atoms with Crippen molar-refractivity contribution >= 4 is 39.6 Å². The largest absolute Gasteiger partial charge is 0.497 e. The van der Waals surface area contributed by atoms with Gasteiger partial charge in [0.25, 0.3) is 0 Å². The Kier molecular flexibility index (Phi) is 5.37. The van der Waals surface area contributed by atoms with Gasteiger partial charge in [0.1, 0.15) is 17.1 Å². The number of anilines is 1. The van der Waals surface area contributed by atoms with Crippen LogP contribution in [0.3, 0.4) is 0 Å². The number of carbonyl (C=O) groups is 1. The average Bonchev–Trinajstić information content (AvgIpc) is 3.33. The van der Waals surface area contributed by atoms with E-state index in [0.29, 0.717) is 33.0 Å². The lowest BCUT2D eigenvalue weighted by Gasteiger charge is -2.08. The summed E-state index contributed by atoms with van der Waals surface area (Å²) in [5.74, 6) is 1.18. The van der Waals surface area contributed by atoms with Crippen molar-refractivity contribution in [1.82, 2.24) is 14.4 Å². The van der Waals surface area contributed by atoms with E-state index in [1.54, 1.807) is 43.1 Å². The number of carbonyl (C=O) groups excluding carboxylic acids is 1. The molecule has 0 bridgehead atoms. The quantitative estimate of drug-likeness (QED) is 0.495. The highest BCUT2D eigenvalue weighted by Gasteiger charge is 2.14. The van der Waals surface area contributed by atoms with Crippen LogP contribution in [0, 0.1) is 0 Å². The second kappa shape index (κ2) is 8.10. The Hall–Kier alpha value is -3.10. The lowest BCUT2D eigenvalue weighted by molar-refractivity contribution is -0.115. The van der Waals surface area contributed by atoms with E-state index < -0.39 is 0 Å². The maximum Gasteiger partial charge on any atom is 0.232 e. The van der Waals surface area contributed by atoms with Crippen molar-refractivity contribution in [2.45, 2.75) is 6.42 Å². The molecule has 4 rings (SSSR count). The summed E-state index contributed by atoms with van der Waals surface area (Å²) in [6.07, 6.45) is 3.67. The van der Waals surface area contributed by atoms with Crippen LogP contribution in [-0.4, -0.2) is 34.5 Å². The standard InChI is InChI=1S/C20H17ClN4O3S/c1-27-14-4-5-17(28-2)15(8-14)16-11-29-20(23-16)24-19(26)7-13-10-25-9-12(21)3-6-18(25)22-13/h3-6,8-11H,7H2,1-2H3,(H,23,24,26). The van der Waals surface area contributed by atoms with Crippen molar-refractivity contribution in [1.29, 1.82) is 0 Å². The van der Waals surface area contributed by atoms with Gasteiger partial charge in [-0.15, -0.1) is 11.3 Å². The third-order valence-corrected chi connectivity index (χ3v) is 5.22. The number of hydrogen-bond acceptors (Lipinski definition) is 6. The molecule has 0 spiro atoms. The fraction of sp³-hybridized carbons (Fsp3) is 0.150. The average molecular weight is 429 g/mol. The highest BCUT2D eigenvalue weighted by atomic mass is 35.5. The van der Waals surface area contributed by atoms with Gasteiger partial charge >= 0.3 is 0 Å². The Labute approximate surface area is 175 Å². The maximum absolute atomic E-state index is 12.4. The van der Waals surface area contributed by atoms with Gasteiger partial charge < -0.3 is 19.2 Å². The van der Waals surface area contributed by atoms with Crippen molar-refractivity contribution < 1.29 is 14.3 Å². The van der Waals surface area contributed by atoms with Crippen LogP contribution in [0.2, 0.25) is 5.02 Å². The summed E-state index contributed by atoms with van der Waals surface area (Å²) in [5.41, 5.74) is 2.87. The van der Waals surface area contributed by atoms with Crippen LogP contribution in [0.1, 0.15) is 5.69 Å². The van der Waals surface area contributed by atoms with Gasteiger partial charge in [-0.3, -0.25) is 4.79 Å². The molecule has 1 aromatic carbocycles. The van der Waals surface area contributed by atoms with Gasteiger partial charge in [-0.1, -0.05) is 11.6 Å². The lowest BCUT2D eigenvalue weighted by atomic mass is 10.1. The van der Waals surface area contributed by atoms with Crippen LogP contribution in [0.15, 0.2) is 48.1 Å². The lowest BCUT2D eigenvalue weighted by Crippen LogP contribution is -2.14. The third kappa shape index (κ3) is 4.18. The molecule has 7 nitrogen and oxygen atoms in total. The van der Waals surface area contributed by atoms with E-state index in [0.717, 1.165) is 11.2 Å². The molecule has 1 amide bonds. The van der Waals surface area contributed by atoms with E-state index in [1.807, 2.05) is 23.6 Å². The number of nitrogens with one attached hydrogen (secondary N) is 1. The SMILES string of the molecule is COc1ccc(OC)c(-c2csc(NC(=O)Cc3cn4cc(Cl)ccc4n3)n2)c1. The van der Waals surface area contributed by atoms with Gasteiger partial charge in [0.05, 0.1) is 37.1 Å². The molecule has 0 saturated heterocycles. The van der Waals surface area contributed by atoms with Crippen LogP contribution >= 0.6 is 22.9 Å². The Bertz CT molecular complexity index is 1190. The van der Waals surface area contributed by atoms with Gasteiger partial charge in [-0.25, -0.2) is 9.97 Å². The molecule has 0 saturated carbocycles. The molecular formula is C20H17ClN4O3S. The number of thiazole rings is 1. The number of ether oxygens (including phenoxy) is 2. The number of rotatable bonds is 6. The van der Waals surface area contributed by atoms with Crippen LogP contribution in [-0.2, 0) is 11.2 Å². The van der Waals surface area contributed by atoms with Crippen molar-refractivity contribution in [3.8, 4) is 22.8 Å². The topological polar surface area (TPSA) is 77.8 Å². The Morgan fingerprint density at radius 2 is 2.03 bits per heavy atom. The third-order valence-electron chi connectivity index (χ3n) is 4.24. The molecule has 0 aliphatic rings. The van der Waals surface area contributed by atoms with E-state index in [9.17, 15) is 4.79 Å². The zero-order valence-corrected chi connectivity index (χ0v) is 17.3. The van der Waals surface area contributed by atoms with E-state index in [-0.39, 0.29) is 12.3 Å². The van der Waals surface area contributed by atoms with E-state index in [4.69, 9.17) is 21.1 Å². The fourth-order valence-corrected chi connectivity index (χ4v) is 3.79. The number of fused-ring (bicyclic) bond motifs is 1. The second-order valence-corrected chi connectivity index (χ2v) is 7.47. The summed E-state index contributed by atoms with van der Waals surface area (Å²) in [4.78, 5) is 21.4. The maximum atomic E-state index is 12.4. The Morgan fingerprint density at radius 3 is 2.83 bits per heavy atom. The highest BCUT2D eigenvalue weighted by molar-refractivity contribution is 7.14. The number of pyridine rings is 1. The van der Waals surface area contributed by atoms with Crippen LogP contribution < -0.4 is 14.8 Å². The first kappa shape index (κ1) is 19.2. The summed E-state index contributed by atoms with van der Waals surface area (Å²) in [6, 6.07) is 9.05. The zero-order chi connectivity index (χ0) is 20.4. The van der Waals surface area contributed by atoms with Crippen LogP contribution in [0.25, 0.3) is 16.9 Å². The molecule has 0 aliphatic carbocycles. The summed E-state index contributed by atoms with van der Waals surface area (Å²) in [7, 11) is 3.20. The van der Waals surface area contributed by atoms with Gasteiger partial charge in [0.15, 0.2) is 5.13 Å². The molecule has 3 heterocycles. The van der Waals surface area contributed by atoms with Gasteiger partial charge in [0.2, 0.25) is 5.91 Å². The zero-order valence-electron chi connectivity index (χ0n) is 15.7. The molecule has 0 radical (unpaired) electrons. The number of benzene rings is 1. The van der Waals surface area contributed by atoms with Crippen molar-refractivity contribution in [2.75, 3.05) is 19.5 Å². The molecule has 0 fully saturated rings. The second-order valence-electron chi connectivity index (χ2n) is 6.17. The molecule has 1 N–H and O–H groups in total. The summed E-state index contributed by atoms with van der Waals surface area (Å²) >= 11 is 7.32. The number of nitrogens with zero attached hydrogens (tertiary/aromatic N) is 3.